The van der Waals surface area contributed by atoms with Gasteiger partial charge in [-0.25, -0.2) is 4.98 Å². The number of aromatic hydroxyl groups is 1. The predicted molar refractivity (Wildman–Crippen MR) is 111 cm³/mol. The maximum Gasteiger partial charge on any atom is 0.228 e. The van der Waals surface area contributed by atoms with Crippen LogP contribution in [-0.4, -0.2) is 52.4 Å². The molecule has 30 heavy (non-hydrogen) atoms. The van der Waals surface area contributed by atoms with Crippen LogP contribution in [0.3, 0.4) is 0 Å². The van der Waals surface area contributed by atoms with Crippen molar-refractivity contribution in [3.05, 3.63) is 77.0 Å². The molecule has 0 radical (unpaired) electrons. The average Bonchev–Trinajstić information content (AvgIpc) is 2.78. The fourth-order valence-corrected chi connectivity index (χ4v) is 4.19. The normalized spacial score (nSPS) is 18.3. The van der Waals surface area contributed by atoms with Crippen molar-refractivity contribution in [2.75, 3.05) is 32.8 Å². The first-order chi connectivity index (χ1) is 14.7. The maximum absolute atomic E-state index is 9.93. The summed E-state index contributed by atoms with van der Waals surface area (Å²) in [5, 5.41) is 18.9. The second kappa shape index (κ2) is 7.93. The number of hydrogen-bond donors (Lipinski definition) is 2. The van der Waals surface area contributed by atoms with Gasteiger partial charge in [-0.15, -0.1) is 0 Å². The second-order valence-electron chi connectivity index (χ2n) is 7.63. The Hall–Kier alpha value is -3.16. The number of hydrogen-bond acceptors (Lipinski definition) is 6. The van der Waals surface area contributed by atoms with Crippen LogP contribution in [0, 0.1) is 5.41 Å². The van der Waals surface area contributed by atoms with Gasteiger partial charge in [0.1, 0.15) is 23.3 Å². The minimum Gasteiger partial charge on any atom is -0.508 e. The van der Waals surface area contributed by atoms with Crippen molar-refractivity contribution in [2.45, 2.75) is 12.5 Å². The molecule has 0 unspecified atom stereocenters. The van der Waals surface area contributed by atoms with Crippen molar-refractivity contribution in [2.24, 2.45) is 0 Å². The number of aromatic nitrogens is 2. The van der Waals surface area contributed by atoms with E-state index in [1.54, 1.807) is 18.5 Å². The zero-order valence-electron chi connectivity index (χ0n) is 16.6. The van der Waals surface area contributed by atoms with E-state index in [1.165, 1.54) is 0 Å². The molecule has 2 N–H and O–H groups in total. The lowest BCUT2D eigenvalue weighted by atomic mass is 9.84. The molecule has 7 nitrogen and oxygen atoms in total. The minimum atomic E-state index is -0.179. The molecule has 0 bridgehead atoms. The maximum atomic E-state index is 9.93. The molecule has 5 rings (SSSR count). The summed E-state index contributed by atoms with van der Waals surface area (Å²) in [5.74, 6) is 0.969. The second-order valence-corrected chi connectivity index (χ2v) is 7.63. The molecule has 7 heteroatoms. The van der Waals surface area contributed by atoms with E-state index in [0.717, 1.165) is 49.5 Å². The smallest absolute Gasteiger partial charge is 0.228 e. The summed E-state index contributed by atoms with van der Waals surface area (Å²) in [7, 11) is 0. The van der Waals surface area contributed by atoms with E-state index >= 15 is 0 Å². The van der Waals surface area contributed by atoms with Crippen LogP contribution < -0.4 is 10.2 Å². The third kappa shape index (κ3) is 3.46. The quantitative estimate of drug-likeness (QED) is 0.546. The van der Waals surface area contributed by atoms with Gasteiger partial charge in [0, 0.05) is 43.7 Å². The topological polar surface area (TPSA) is 83.6 Å². The molecule has 1 fully saturated rings. The highest BCUT2D eigenvalue weighted by Gasteiger charge is 2.32. The van der Waals surface area contributed by atoms with Crippen molar-refractivity contribution in [1.82, 2.24) is 14.5 Å². The molecule has 3 aromatic rings. The molecule has 1 saturated heterocycles. The number of nitrogens with one attached hydrogen (secondary N) is 1. The van der Waals surface area contributed by atoms with Gasteiger partial charge in [-0.3, -0.25) is 10.3 Å². The Kier molecular flexibility index (Phi) is 4.98. The van der Waals surface area contributed by atoms with E-state index in [2.05, 4.69) is 22.0 Å². The van der Waals surface area contributed by atoms with Crippen molar-refractivity contribution < 1.29 is 14.6 Å². The molecule has 1 atom stereocenters. The van der Waals surface area contributed by atoms with E-state index in [0.29, 0.717) is 23.7 Å². The molecule has 1 aromatic heterocycles. The standard InChI is InChI=1S/C23H24N4O3/c24-22-21-20(16-4-2-1-3-5-16)18-7-6-17(28)14-19(18)30-23(21)25-15-27(22)9-8-26-10-12-29-13-11-26/h1-7,14-15,20,24,28H,8-13H2/t20-/m0/s1. The van der Waals surface area contributed by atoms with E-state index in [1.807, 2.05) is 28.8 Å². The third-order valence-corrected chi connectivity index (χ3v) is 5.78. The lowest BCUT2D eigenvalue weighted by molar-refractivity contribution is 0.0362. The Bertz CT molecular complexity index is 1110. The molecule has 2 aliphatic rings. The van der Waals surface area contributed by atoms with Gasteiger partial charge in [-0.2, -0.15) is 0 Å². The summed E-state index contributed by atoms with van der Waals surface area (Å²) in [6, 6.07) is 15.2. The average molecular weight is 404 g/mol. The third-order valence-electron chi connectivity index (χ3n) is 5.78. The van der Waals surface area contributed by atoms with Gasteiger partial charge < -0.3 is 19.1 Å². The monoisotopic (exact) mass is 404 g/mol. The Labute approximate surface area is 174 Å². The highest BCUT2D eigenvalue weighted by molar-refractivity contribution is 5.57. The molecule has 0 amide bonds. The molecule has 2 aliphatic heterocycles. The molecule has 3 heterocycles. The first kappa shape index (κ1) is 18.8. The Morgan fingerprint density at radius 1 is 1.07 bits per heavy atom. The summed E-state index contributed by atoms with van der Waals surface area (Å²) in [6.45, 7) is 4.88. The Morgan fingerprint density at radius 2 is 1.87 bits per heavy atom. The largest absolute Gasteiger partial charge is 0.508 e. The van der Waals surface area contributed by atoms with Crippen LogP contribution in [-0.2, 0) is 11.3 Å². The fraction of sp³-hybridized carbons (Fsp3) is 0.304. The highest BCUT2D eigenvalue weighted by atomic mass is 16.5. The van der Waals surface area contributed by atoms with Gasteiger partial charge in [-0.05, 0) is 11.6 Å². The van der Waals surface area contributed by atoms with E-state index < -0.39 is 0 Å². The van der Waals surface area contributed by atoms with Crippen molar-refractivity contribution in [1.29, 1.82) is 5.41 Å². The SMILES string of the molecule is N=c1c2c(ncn1CCN1CCOCC1)Oc1cc(O)ccc1[C@@H]2c1ccccc1. The number of benzene rings is 2. The first-order valence-electron chi connectivity index (χ1n) is 10.2. The van der Waals surface area contributed by atoms with Crippen LogP contribution in [0.2, 0.25) is 0 Å². The highest BCUT2D eigenvalue weighted by Crippen LogP contribution is 2.45. The van der Waals surface area contributed by atoms with Crippen LogP contribution in [0.25, 0.3) is 0 Å². The number of rotatable bonds is 4. The summed E-state index contributed by atoms with van der Waals surface area (Å²) >= 11 is 0. The first-order valence-corrected chi connectivity index (χ1v) is 10.2. The molecule has 0 spiro atoms. The fourth-order valence-electron chi connectivity index (χ4n) is 4.19. The molecular weight excluding hydrogens is 380 g/mol. The summed E-state index contributed by atoms with van der Waals surface area (Å²) in [5.41, 5.74) is 3.15. The number of fused-ring (bicyclic) bond motifs is 2. The molecule has 154 valence electrons. The van der Waals surface area contributed by atoms with Crippen LogP contribution in [0.4, 0.5) is 0 Å². The van der Waals surface area contributed by atoms with E-state index in [9.17, 15) is 5.11 Å². The van der Waals surface area contributed by atoms with Crippen LogP contribution in [0.15, 0.2) is 54.9 Å². The van der Waals surface area contributed by atoms with Crippen molar-refractivity contribution in [3.63, 3.8) is 0 Å². The number of phenolic OH excluding ortho intramolecular Hbond substituents is 1. The minimum absolute atomic E-state index is 0.145. The van der Waals surface area contributed by atoms with Crippen LogP contribution in [0.5, 0.6) is 17.4 Å². The van der Waals surface area contributed by atoms with Gasteiger partial charge in [-0.1, -0.05) is 36.4 Å². The zero-order chi connectivity index (χ0) is 20.5. The molecule has 2 aromatic carbocycles. The van der Waals surface area contributed by atoms with E-state index in [-0.39, 0.29) is 11.7 Å². The molecule has 0 aliphatic carbocycles. The van der Waals surface area contributed by atoms with Crippen molar-refractivity contribution in [3.8, 4) is 17.4 Å². The van der Waals surface area contributed by atoms with Gasteiger partial charge >= 0.3 is 0 Å². The predicted octanol–water partition coefficient (Wildman–Crippen LogP) is 2.69. The van der Waals surface area contributed by atoms with Crippen LogP contribution in [0.1, 0.15) is 22.6 Å². The van der Waals surface area contributed by atoms with Crippen molar-refractivity contribution >= 4 is 0 Å². The van der Waals surface area contributed by atoms with E-state index in [4.69, 9.17) is 14.9 Å². The number of morpholine rings is 1. The number of phenols is 1. The Morgan fingerprint density at radius 3 is 2.67 bits per heavy atom. The van der Waals surface area contributed by atoms with Crippen LogP contribution >= 0.6 is 0 Å². The van der Waals surface area contributed by atoms with Gasteiger partial charge in [0.15, 0.2) is 0 Å². The van der Waals surface area contributed by atoms with Gasteiger partial charge in [0.05, 0.1) is 18.8 Å². The number of nitrogens with zero attached hydrogens (tertiary/aromatic N) is 3. The summed E-state index contributed by atoms with van der Waals surface area (Å²) in [6.07, 6.45) is 1.68. The summed E-state index contributed by atoms with van der Waals surface area (Å²) in [4.78, 5) is 6.89. The molecule has 0 saturated carbocycles. The lowest BCUT2D eigenvalue weighted by Crippen LogP contribution is -2.40. The Balaban J connectivity index is 1.55. The molecular formula is C23H24N4O3. The van der Waals surface area contributed by atoms with Gasteiger partial charge in [0.25, 0.3) is 0 Å². The summed E-state index contributed by atoms with van der Waals surface area (Å²) < 4.78 is 13.3. The zero-order valence-corrected chi connectivity index (χ0v) is 16.6. The number of ether oxygens (including phenoxy) is 2. The van der Waals surface area contributed by atoms with Gasteiger partial charge in [0.2, 0.25) is 5.88 Å². The lowest BCUT2D eigenvalue weighted by Gasteiger charge is -2.29.